The second-order valence-corrected chi connectivity index (χ2v) is 10.9. The Balaban J connectivity index is 1.65. The maximum absolute atomic E-state index is 13.3. The zero-order valence-corrected chi connectivity index (χ0v) is 23.4. The fourth-order valence-corrected chi connectivity index (χ4v) is 5.74. The molecule has 6 heteroatoms. The Labute approximate surface area is 226 Å². The summed E-state index contributed by atoms with van der Waals surface area (Å²) in [5.41, 5.74) is 6.62. The monoisotopic (exact) mass is 515 g/mol. The SMILES string of the molecule is CCCCCn1c(-c2ccc3c(c2)CCC3C(CC)C(=O)O)nc(C(=O)Nc2ccc(C(C)C)cc2)c1C. The number of carbonyl (C=O) groups excluding carboxylic acids is 1. The topological polar surface area (TPSA) is 84.2 Å². The number of amides is 1. The maximum atomic E-state index is 13.3. The van der Waals surface area contributed by atoms with Crippen LogP contribution in [0.2, 0.25) is 0 Å². The van der Waals surface area contributed by atoms with E-state index >= 15 is 0 Å². The maximum Gasteiger partial charge on any atom is 0.307 e. The number of hydrogen-bond acceptors (Lipinski definition) is 3. The van der Waals surface area contributed by atoms with Crippen molar-refractivity contribution in [1.29, 1.82) is 0 Å². The van der Waals surface area contributed by atoms with Crippen molar-refractivity contribution in [3.05, 3.63) is 70.5 Å². The minimum Gasteiger partial charge on any atom is -0.481 e. The van der Waals surface area contributed by atoms with Crippen LogP contribution in [0, 0.1) is 12.8 Å². The quantitative estimate of drug-likeness (QED) is 0.258. The molecule has 1 heterocycles. The standard InChI is InChI=1S/C32H41N3O3/c1-6-8-9-18-35-21(5)29(31(36)33-25-14-10-22(11-15-25)20(3)4)34-30(35)24-13-16-27-23(19-24)12-17-28(27)26(7-2)32(37)38/h10-11,13-16,19-20,26,28H,6-9,12,17-18H2,1-5H3,(H,33,36)(H,37,38). The van der Waals surface area contributed by atoms with Gasteiger partial charge in [0, 0.05) is 23.5 Å². The van der Waals surface area contributed by atoms with Gasteiger partial charge in [0.2, 0.25) is 0 Å². The normalized spacial score (nSPS) is 15.5. The van der Waals surface area contributed by atoms with Crippen LogP contribution in [-0.4, -0.2) is 26.5 Å². The van der Waals surface area contributed by atoms with Crippen LogP contribution in [-0.2, 0) is 17.8 Å². The number of hydrogen-bond donors (Lipinski definition) is 2. The lowest BCUT2D eigenvalue weighted by molar-refractivity contribution is -0.142. The first-order valence-electron chi connectivity index (χ1n) is 14.1. The number of nitrogens with zero attached hydrogens (tertiary/aromatic N) is 2. The Kier molecular flexibility index (Phi) is 8.70. The summed E-state index contributed by atoms with van der Waals surface area (Å²) < 4.78 is 2.17. The highest BCUT2D eigenvalue weighted by molar-refractivity contribution is 6.04. The van der Waals surface area contributed by atoms with Crippen LogP contribution in [0.3, 0.4) is 0 Å². The number of fused-ring (bicyclic) bond motifs is 1. The highest BCUT2D eigenvalue weighted by Crippen LogP contribution is 2.41. The van der Waals surface area contributed by atoms with Gasteiger partial charge in [0.1, 0.15) is 11.5 Å². The number of carboxylic acids is 1. The second-order valence-electron chi connectivity index (χ2n) is 10.9. The Morgan fingerprint density at radius 3 is 2.47 bits per heavy atom. The summed E-state index contributed by atoms with van der Waals surface area (Å²) in [6, 6.07) is 14.3. The molecule has 202 valence electrons. The molecule has 2 atom stereocenters. The Morgan fingerprint density at radius 2 is 1.84 bits per heavy atom. The molecule has 2 unspecified atom stereocenters. The van der Waals surface area contributed by atoms with Crippen molar-refractivity contribution < 1.29 is 14.7 Å². The lowest BCUT2D eigenvalue weighted by Gasteiger charge is -2.19. The number of aliphatic carboxylic acids is 1. The number of unbranched alkanes of at least 4 members (excludes halogenated alkanes) is 2. The van der Waals surface area contributed by atoms with Gasteiger partial charge in [0.05, 0.1) is 5.92 Å². The lowest BCUT2D eigenvalue weighted by atomic mass is 9.85. The van der Waals surface area contributed by atoms with E-state index in [9.17, 15) is 14.7 Å². The molecule has 0 saturated heterocycles. The number of nitrogens with one attached hydrogen (secondary N) is 1. The molecule has 3 aromatic rings. The van der Waals surface area contributed by atoms with Gasteiger partial charge in [-0.3, -0.25) is 9.59 Å². The Hall–Kier alpha value is -3.41. The first-order chi connectivity index (χ1) is 18.2. The van der Waals surface area contributed by atoms with E-state index in [1.54, 1.807) is 0 Å². The van der Waals surface area contributed by atoms with E-state index < -0.39 is 5.97 Å². The molecule has 2 aromatic carbocycles. The van der Waals surface area contributed by atoms with Crippen molar-refractivity contribution in [3.8, 4) is 11.4 Å². The number of carbonyl (C=O) groups is 2. The molecule has 1 aliphatic carbocycles. The van der Waals surface area contributed by atoms with Crippen molar-refractivity contribution in [1.82, 2.24) is 9.55 Å². The van der Waals surface area contributed by atoms with Gasteiger partial charge >= 0.3 is 5.97 Å². The molecule has 0 fully saturated rings. The van der Waals surface area contributed by atoms with Gasteiger partial charge in [-0.15, -0.1) is 0 Å². The van der Waals surface area contributed by atoms with Crippen LogP contribution >= 0.6 is 0 Å². The van der Waals surface area contributed by atoms with Gasteiger partial charge in [-0.1, -0.05) is 64.8 Å². The number of benzene rings is 2. The van der Waals surface area contributed by atoms with Gasteiger partial charge in [-0.2, -0.15) is 0 Å². The second kappa shape index (κ2) is 12.0. The van der Waals surface area contributed by atoms with Crippen LogP contribution in [0.5, 0.6) is 0 Å². The molecule has 6 nitrogen and oxygen atoms in total. The molecular weight excluding hydrogens is 474 g/mol. The average molecular weight is 516 g/mol. The molecule has 38 heavy (non-hydrogen) atoms. The number of imidazole rings is 1. The van der Waals surface area contributed by atoms with Gasteiger partial charge in [0.25, 0.3) is 5.91 Å². The highest BCUT2D eigenvalue weighted by atomic mass is 16.4. The predicted molar refractivity (Wildman–Crippen MR) is 153 cm³/mol. The minimum absolute atomic E-state index is 0.0519. The third-order valence-electron chi connectivity index (χ3n) is 8.02. The third kappa shape index (κ3) is 5.69. The molecule has 0 bridgehead atoms. The smallest absolute Gasteiger partial charge is 0.307 e. The van der Waals surface area contributed by atoms with Crippen molar-refractivity contribution in [3.63, 3.8) is 0 Å². The molecule has 0 radical (unpaired) electrons. The largest absolute Gasteiger partial charge is 0.481 e. The molecule has 2 N–H and O–H groups in total. The summed E-state index contributed by atoms with van der Waals surface area (Å²) in [7, 11) is 0. The molecule has 0 saturated carbocycles. The first-order valence-corrected chi connectivity index (χ1v) is 14.1. The van der Waals surface area contributed by atoms with E-state index in [0.29, 0.717) is 18.0 Å². The summed E-state index contributed by atoms with van der Waals surface area (Å²) >= 11 is 0. The summed E-state index contributed by atoms with van der Waals surface area (Å²) in [5, 5.41) is 12.7. The van der Waals surface area contributed by atoms with Crippen molar-refractivity contribution in [2.45, 2.75) is 91.5 Å². The molecule has 1 amide bonds. The molecule has 1 aromatic heterocycles. The number of carboxylic acid groups (broad SMARTS) is 1. The molecule has 0 aliphatic heterocycles. The Morgan fingerprint density at radius 1 is 1.11 bits per heavy atom. The molecular formula is C32H41N3O3. The summed E-state index contributed by atoms with van der Waals surface area (Å²) in [4.78, 5) is 30.0. The summed E-state index contributed by atoms with van der Waals surface area (Å²) in [5.74, 6) is 0.00876. The van der Waals surface area contributed by atoms with E-state index in [4.69, 9.17) is 4.98 Å². The number of rotatable bonds is 11. The zero-order chi connectivity index (χ0) is 27.4. The van der Waals surface area contributed by atoms with Gasteiger partial charge in [0.15, 0.2) is 0 Å². The van der Waals surface area contributed by atoms with Gasteiger partial charge < -0.3 is 15.0 Å². The van der Waals surface area contributed by atoms with E-state index in [-0.39, 0.29) is 17.7 Å². The molecule has 1 aliphatic rings. The van der Waals surface area contributed by atoms with E-state index in [1.807, 2.05) is 38.1 Å². The van der Waals surface area contributed by atoms with Crippen molar-refractivity contribution in [2.75, 3.05) is 5.32 Å². The molecule has 4 rings (SSSR count). The van der Waals surface area contributed by atoms with Crippen LogP contribution < -0.4 is 5.32 Å². The van der Waals surface area contributed by atoms with E-state index in [0.717, 1.165) is 67.0 Å². The van der Waals surface area contributed by atoms with Crippen LogP contribution in [0.4, 0.5) is 5.69 Å². The van der Waals surface area contributed by atoms with Crippen LogP contribution in [0.1, 0.15) is 105 Å². The fraction of sp³-hybridized carbons (Fsp3) is 0.469. The minimum atomic E-state index is -0.717. The number of anilines is 1. The zero-order valence-electron chi connectivity index (χ0n) is 23.4. The van der Waals surface area contributed by atoms with Crippen LogP contribution in [0.15, 0.2) is 42.5 Å². The lowest BCUT2D eigenvalue weighted by Crippen LogP contribution is -2.19. The summed E-state index contributed by atoms with van der Waals surface area (Å²) in [6.45, 7) is 11.2. The van der Waals surface area contributed by atoms with Crippen molar-refractivity contribution in [2.24, 2.45) is 5.92 Å². The fourth-order valence-electron chi connectivity index (χ4n) is 5.74. The summed E-state index contributed by atoms with van der Waals surface area (Å²) in [6.07, 6.45) is 5.60. The third-order valence-corrected chi connectivity index (χ3v) is 8.02. The van der Waals surface area contributed by atoms with Gasteiger partial charge in [-0.05, 0) is 79.3 Å². The van der Waals surface area contributed by atoms with Gasteiger partial charge in [-0.25, -0.2) is 4.98 Å². The highest BCUT2D eigenvalue weighted by Gasteiger charge is 2.33. The Bertz CT molecular complexity index is 1290. The van der Waals surface area contributed by atoms with Crippen LogP contribution in [0.25, 0.3) is 11.4 Å². The van der Waals surface area contributed by atoms with Crippen molar-refractivity contribution >= 4 is 17.6 Å². The average Bonchev–Trinajstić information content (AvgIpc) is 3.45. The predicted octanol–water partition coefficient (Wildman–Crippen LogP) is 7.57. The van der Waals surface area contributed by atoms with E-state index in [1.165, 1.54) is 11.1 Å². The molecule has 0 spiro atoms. The van der Waals surface area contributed by atoms with E-state index in [2.05, 4.69) is 48.9 Å². The first kappa shape index (κ1) is 27.6. The number of aryl methyl sites for hydroxylation is 1. The number of aromatic nitrogens is 2.